The lowest BCUT2D eigenvalue weighted by Gasteiger charge is -2.72. The van der Waals surface area contributed by atoms with Gasteiger partial charge in [-0.15, -0.1) is 0 Å². The predicted octanol–water partition coefficient (Wildman–Crippen LogP) is 9.76. The molecule has 5 nitrogen and oxygen atoms in total. The molecule has 8 atom stereocenters. The van der Waals surface area contributed by atoms with Gasteiger partial charge in [0.05, 0.1) is 6.54 Å². The summed E-state index contributed by atoms with van der Waals surface area (Å²) < 4.78 is 5.95. The van der Waals surface area contributed by atoms with E-state index >= 15 is 0 Å². The molecule has 0 spiro atoms. The molecule has 0 radical (unpaired) electrons. The highest BCUT2D eigenvalue weighted by Crippen LogP contribution is 2.77. The first kappa shape index (κ1) is 34.7. The van der Waals surface area contributed by atoms with Crippen molar-refractivity contribution in [2.75, 3.05) is 6.54 Å². The van der Waals surface area contributed by atoms with Crippen LogP contribution in [-0.4, -0.2) is 30.3 Å². The highest BCUT2D eigenvalue weighted by Gasteiger charge is 2.69. The zero-order chi connectivity index (χ0) is 34.2. The number of rotatable bonds is 7. The second-order valence-electron chi connectivity index (χ2n) is 17.8. The van der Waals surface area contributed by atoms with Crippen LogP contribution in [-0.2, 0) is 14.3 Å². The third-order valence-electron chi connectivity index (χ3n) is 15.2. The second-order valence-corrected chi connectivity index (χ2v) is 18.3. The number of carbonyl (C=O) groups excluding carboxylic acids is 3. The molecule has 1 aromatic rings. The Kier molecular flexibility index (Phi) is 8.88. The van der Waals surface area contributed by atoms with Crippen molar-refractivity contribution in [1.29, 1.82) is 0 Å². The molecule has 1 amide bonds. The summed E-state index contributed by atoms with van der Waals surface area (Å²) in [5.41, 5.74) is 4.26. The Hall–Kier alpha value is -2.14. The lowest BCUT2D eigenvalue weighted by molar-refractivity contribution is -0.232. The quantitative estimate of drug-likeness (QED) is 0.179. The molecule has 0 aliphatic heterocycles. The summed E-state index contributed by atoms with van der Waals surface area (Å²) in [7, 11) is 0. The molecule has 47 heavy (non-hydrogen) atoms. The first-order valence-electron chi connectivity index (χ1n) is 18.4. The van der Waals surface area contributed by atoms with Crippen LogP contribution in [0.1, 0.15) is 136 Å². The van der Waals surface area contributed by atoms with Gasteiger partial charge in [0, 0.05) is 34.8 Å². The van der Waals surface area contributed by atoms with Crippen LogP contribution in [0, 0.1) is 50.7 Å². The fraction of sp³-hybridized carbons (Fsp3) is 0.732. The molecule has 5 aliphatic rings. The summed E-state index contributed by atoms with van der Waals surface area (Å²) in [5, 5.41) is 3.61. The van der Waals surface area contributed by atoms with E-state index in [4.69, 9.17) is 16.3 Å². The van der Waals surface area contributed by atoms with Crippen molar-refractivity contribution in [1.82, 2.24) is 5.32 Å². The number of hydrogen-bond donors (Lipinski definition) is 1. The third-order valence-corrected chi connectivity index (χ3v) is 15.4. The first-order valence-corrected chi connectivity index (χ1v) is 18.8. The molecular formula is C41H58ClNO4. The highest BCUT2D eigenvalue weighted by atomic mass is 35.5. The summed E-state index contributed by atoms with van der Waals surface area (Å²) >= 11 is 6.01. The number of ether oxygens (including phenoxy) is 1. The van der Waals surface area contributed by atoms with Crippen LogP contribution in [0.3, 0.4) is 0 Å². The Morgan fingerprint density at radius 2 is 1.57 bits per heavy atom. The molecule has 4 saturated carbocycles. The van der Waals surface area contributed by atoms with Crippen LogP contribution in [0.15, 0.2) is 35.4 Å². The van der Waals surface area contributed by atoms with E-state index < -0.39 is 0 Å². The molecular weight excluding hydrogens is 606 g/mol. The molecule has 1 aromatic carbocycles. The van der Waals surface area contributed by atoms with E-state index in [2.05, 4.69) is 53.8 Å². The topological polar surface area (TPSA) is 72.5 Å². The number of hydrogen-bond acceptors (Lipinski definition) is 4. The van der Waals surface area contributed by atoms with E-state index in [0.29, 0.717) is 40.7 Å². The minimum Gasteiger partial charge on any atom is -0.462 e. The number of Topliss-reactive ketones (excluding diaryl/α,β-unsaturated/α-hetero) is 1. The van der Waals surface area contributed by atoms with Gasteiger partial charge in [-0.2, -0.15) is 0 Å². The molecule has 4 fully saturated rings. The maximum Gasteiger partial charge on any atom is 0.302 e. The number of amides is 1. The van der Waals surface area contributed by atoms with Gasteiger partial charge in [-0.3, -0.25) is 14.4 Å². The maximum absolute atomic E-state index is 13.7. The molecule has 6 rings (SSSR count). The molecule has 5 aliphatic carbocycles. The molecule has 0 saturated heterocycles. The van der Waals surface area contributed by atoms with Crippen molar-refractivity contribution >= 4 is 29.3 Å². The van der Waals surface area contributed by atoms with Gasteiger partial charge in [-0.25, -0.2) is 0 Å². The van der Waals surface area contributed by atoms with Crippen LogP contribution in [0.25, 0.3) is 0 Å². The average molecular weight is 664 g/mol. The van der Waals surface area contributed by atoms with Gasteiger partial charge in [-0.1, -0.05) is 71.2 Å². The van der Waals surface area contributed by atoms with E-state index in [1.165, 1.54) is 25.7 Å². The smallest absolute Gasteiger partial charge is 0.302 e. The Bertz CT molecular complexity index is 1460. The van der Waals surface area contributed by atoms with Gasteiger partial charge in [0.15, 0.2) is 5.78 Å². The van der Waals surface area contributed by atoms with Crippen molar-refractivity contribution in [2.45, 2.75) is 132 Å². The van der Waals surface area contributed by atoms with Crippen molar-refractivity contribution < 1.29 is 19.1 Å². The summed E-state index contributed by atoms with van der Waals surface area (Å²) in [4.78, 5) is 38.6. The Morgan fingerprint density at radius 1 is 0.872 bits per heavy atom. The van der Waals surface area contributed by atoms with Crippen molar-refractivity contribution in [3.05, 3.63) is 46.0 Å². The zero-order valence-corrected chi connectivity index (χ0v) is 30.9. The van der Waals surface area contributed by atoms with Gasteiger partial charge in [0.1, 0.15) is 6.10 Å². The molecule has 0 bridgehead atoms. The van der Waals surface area contributed by atoms with Crippen LogP contribution in [0.4, 0.5) is 0 Å². The van der Waals surface area contributed by atoms with E-state index in [1.54, 1.807) is 42.3 Å². The van der Waals surface area contributed by atoms with Gasteiger partial charge < -0.3 is 10.1 Å². The van der Waals surface area contributed by atoms with Crippen molar-refractivity contribution in [3.63, 3.8) is 0 Å². The molecule has 258 valence electrons. The summed E-state index contributed by atoms with van der Waals surface area (Å²) in [5.74, 6) is 1.88. The Morgan fingerprint density at radius 3 is 2.23 bits per heavy atom. The Balaban J connectivity index is 1.26. The summed E-state index contributed by atoms with van der Waals surface area (Å²) in [6.07, 6.45) is 11.7. The number of esters is 1. The zero-order valence-electron chi connectivity index (χ0n) is 30.2. The summed E-state index contributed by atoms with van der Waals surface area (Å²) in [6.45, 7) is 18.8. The second kappa shape index (κ2) is 12.0. The molecule has 0 unspecified atom stereocenters. The minimum absolute atomic E-state index is 0.00175. The monoisotopic (exact) mass is 663 g/mol. The van der Waals surface area contributed by atoms with Crippen molar-refractivity contribution in [2.24, 2.45) is 50.7 Å². The molecule has 6 heteroatoms. The molecule has 0 aromatic heterocycles. The van der Waals surface area contributed by atoms with E-state index in [1.807, 2.05) is 0 Å². The van der Waals surface area contributed by atoms with Crippen LogP contribution < -0.4 is 5.32 Å². The minimum atomic E-state index is -0.154. The number of halogens is 1. The lowest BCUT2D eigenvalue weighted by Crippen LogP contribution is -2.65. The number of allylic oxidation sites excluding steroid dienone is 2. The third kappa shape index (κ3) is 5.44. The standard InChI is InChI=1S/C41H58ClNO4/c1-25(2)29-15-20-41(23-35(46)43-24-31(45)27-9-11-28(42)12-10-27)22-21-39(7)30(36(29)41)13-14-33-38(6)18-17-34(47-26(3)44)37(4,5)32(38)16-19-40(33,39)8/h9-12,25,30,32-34H,13-24H2,1-8H3,(H,43,46)/t30-,32+,33-,34+,38+,39-,40-,41-/m1/s1. The lowest BCUT2D eigenvalue weighted by atomic mass is 9.33. The molecule has 0 heterocycles. The van der Waals surface area contributed by atoms with Crippen LogP contribution in [0.5, 0.6) is 0 Å². The number of carbonyl (C=O) groups is 3. The number of fused-ring (bicyclic) bond motifs is 7. The Labute approximate surface area is 288 Å². The van der Waals surface area contributed by atoms with Crippen LogP contribution in [0.2, 0.25) is 5.02 Å². The van der Waals surface area contributed by atoms with E-state index in [-0.39, 0.29) is 57.4 Å². The van der Waals surface area contributed by atoms with Gasteiger partial charge >= 0.3 is 5.97 Å². The van der Waals surface area contributed by atoms with Gasteiger partial charge in [-0.05, 0) is 128 Å². The SMILES string of the molecule is CC(=O)O[C@H]1CC[C@]2(C)[C@H]3CC[C@@H]4C5=C(C(C)C)CC[C@]5(CC(=O)NCC(=O)c5ccc(Cl)cc5)CC[C@@]4(C)[C@]3(C)CC[C@H]2C1(C)C. The summed E-state index contributed by atoms with van der Waals surface area (Å²) in [6, 6.07) is 6.88. The van der Waals surface area contributed by atoms with Crippen molar-refractivity contribution in [3.8, 4) is 0 Å². The average Bonchev–Trinajstić information content (AvgIpc) is 3.37. The predicted molar refractivity (Wildman–Crippen MR) is 188 cm³/mol. The normalized spacial score (nSPS) is 38.9. The number of nitrogens with one attached hydrogen (secondary N) is 1. The number of ketones is 1. The van der Waals surface area contributed by atoms with Gasteiger partial charge in [0.25, 0.3) is 0 Å². The van der Waals surface area contributed by atoms with Gasteiger partial charge in [0.2, 0.25) is 5.91 Å². The largest absolute Gasteiger partial charge is 0.462 e. The van der Waals surface area contributed by atoms with Crippen LogP contribution >= 0.6 is 11.6 Å². The molecule has 1 N–H and O–H groups in total. The fourth-order valence-electron chi connectivity index (χ4n) is 12.7. The maximum atomic E-state index is 13.7. The number of benzene rings is 1. The van der Waals surface area contributed by atoms with E-state index in [9.17, 15) is 14.4 Å². The highest BCUT2D eigenvalue weighted by molar-refractivity contribution is 6.30. The van der Waals surface area contributed by atoms with E-state index in [0.717, 1.165) is 38.5 Å². The first-order chi connectivity index (χ1) is 22.0. The fourth-order valence-corrected chi connectivity index (χ4v) is 12.9.